The summed E-state index contributed by atoms with van der Waals surface area (Å²) >= 11 is 5.97. The number of carbonyl (C=O) groups is 1. The zero-order valence-corrected chi connectivity index (χ0v) is 9.79. The number of carbonyl (C=O) groups excluding carboxylic acids is 1. The van der Waals surface area contributed by atoms with Gasteiger partial charge in [0.15, 0.2) is 0 Å². The quantitative estimate of drug-likeness (QED) is 0.683. The van der Waals surface area contributed by atoms with Crippen molar-refractivity contribution in [2.24, 2.45) is 5.92 Å². The molecule has 1 aliphatic heterocycles. The van der Waals surface area contributed by atoms with Crippen LogP contribution in [-0.2, 0) is 4.79 Å². The Morgan fingerprint density at radius 2 is 2.25 bits per heavy atom. The highest BCUT2D eigenvalue weighted by Crippen LogP contribution is 2.28. The minimum Gasteiger partial charge on any atom is -0.311 e. The van der Waals surface area contributed by atoms with Crippen molar-refractivity contribution in [3.05, 3.63) is 28.8 Å². The molecule has 0 N–H and O–H groups in total. The summed E-state index contributed by atoms with van der Waals surface area (Å²) in [5, 5.41) is 0.645. The highest BCUT2D eigenvalue weighted by Gasteiger charge is 2.29. The number of halogens is 1. The Hall–Kier alpha value is -1.46. The Morgan fingerprint density at radius 1 is 1.50 bits per heavy atom. The second-order valence-corrected chi connectivity index (χ2v) is 4.50. The normalized spacial score (nSPS) is 19.9. The molecule has 0 saturated carbocycles. The van der Waals surface area contributed by atoms with E-state index in [9.17, 15) is 4.79 Å². The van der Waals surface area contributed by atoms with Crippen molar-refractivity contribution in [1.29, 1.82) is 0 Å². The van der Waals surface area contributed by atoms with Crippen molar-refractivity contribution in [3.8, 4) is 12.3 Å². The number of anilines is 1. The topological polar surface area (TPSA) is 20.3 Å². The molecule has 0 bridgehead atoms. The van der Waals surface area contributed by atoms with Crippen LogP contribution in [0.3, 0.4) is 0 Å². The van der Waals surface area contributed by atoms with Crippen molar-refractivity contribution in [1.82, 2.24) is 0 Å². The summed E-state index contributed by atoms with van der Waals surface area (Å²) < 4.78 is 0. The smallest absolute Gasteiger partial charge is 0.228 e. The van der Waals surface area contributed by atoms with E-state index in [2.05, 4.69) is 5.92 Å². The van der Waals surface area contributed by atoms with Gasteiger partial charge in [-0.05, 0) is 30.7 Å². The number of rotatable bonds is 1. The van der Waals surface area contributed by atoms with Crippen LogP contribution < -0.4 is 4.90 Å². The molecule has 1 fully saturated rings. The Bertz CT molecular complexity index is 455. The molecule has 2 rings (SSSR count). The molecule has 2 nitrogen and oxygen atoms in total. The Labute approximate surface area is 100 Å². The molecule has 1 aromatic rings. The van der Waals surface area contributed by atoms with E-state index >= 15 is 0 Å². The number of benzene rings is 1. The van der Waals surface area contributed by atoms with Gasteiger partial charge in [-0.1, -0.05) is 11.6 Å². The lowest BCUT2D eigenvalue weighted by atomic mass is 10.1. The van der Waals surface area contributed by atoms with Crippen molar-refractivity contribution in [3.63, 3.8) is 0 Å². The maximum Gasteiger partial charge on any atom is 0.228 e. The SMILES string of the molecule is C#CC1CC(=O)N(c2cc(C)cc(Cl)c2)C1. The summed E-state index contributed by atoms with van der Waals surface area (Å²) in [5.41, 5.74) is 1.88. The van der Waals surface area contributed by atoms with Crippen LogP contribution in [0, 0.1) is 25.2 Å². The van der Waals surface area contributed by atoms with Gasteiger partial charge in [-0.15, -0.1) is 12.3 Å². The number of amides is 1. The molecular weight excluding hydrogens is 222 g/mol. The molecule has 0 aliphatic carbocycles. The van der Waals surface area contributed by atoms with Crippen LogP contribution in [-0.4, -0.2) is 12.5 Å². The molecular formula is C13H12ClNO. The average Bonchev–Trinajstić information content (AvgIpc) is 2.58. The Kier molecular flexibility index (Phi) is 2.89. The van der Waals surface area contributed by atoms with Gasteiger partial charge in [-0.2, -0.15) is 0 Å². The summed E-state index contributed by atoms with van der Waals surface area (Å²) in [6.45, 7) is 2.55. The first kappa shape index (κ1) is 11.0. The van der Waals surface area contributed by atoms with Crippen LogP contribution in [0.4, 0.5) is 5.69 Å². The van der Waals surface area contributed by atoms with Gasteiger partial charge >= 0.3 is 0 Å². The highest BCUT2D eigenvalue weighted by atomic mass is 35.5. The van der Waals surface area contributed by atoms with E-state index in [1.54, 1.807) is 11.0 Å². The highest BCUT2D eigenvalue weighted by molar-refractivity contribution is 6.31. The first-order valence-corrected chi connectivity index (χ1v) is 5.51. The van der Waals surface area contributed by atoms with Crippen LogP contribution in [0.2, 0.25) is 5.02 Å². The summed E-state index contributed by atoms with van der Waals surface area (Å²) in [6, 6.07) is 5.61. The molecule has 1 saturated heterocycles. The fraction of sp³-hybridized carbons (Fsp3) is 0.308. The molecule has 82 valence electrons. The van der Waals surface area contributed by atoms with Gasteiger partial charge in [0, 0.05) is 29.6 Å². The maximum absolute atomic E-state index is 11.8. The third-order valence-electron chi connectivity index (χ3n) is 2.70. The number of hydrogen-bond acceptors (Lipinski definition) is 1. The lowest BCUT2D eigenvalue weighted by Crippen LogP contribution is -2.24. The Balaban J connectivity index is 2.32. The number of hydrogen-bond donors (Lipinski definition) is 0. The summed E-state index contributed by atoms with van der Waals surface area (Å²) in [4.78, 5) is 13.5. The molecule has 1 amide bonds. The third kappa shape index (κ3) is 2.05. The van der Waals surface area contributed by atoms with Crippen LogP contribution in [0.1, 0.15) is 12.0 Å². The predicted molar refractivity (Wildman–Crippen MR) is 65.5 cm³/mol. The molecule has 3 heteroatoms. The minimum absolute atomic E-state index is 0.0202. The molecule has 16 heavy (non-hydrogen) atoms. The summed E-state index contributed by atoms with van der Waals surface area (Å²) in [5.74, 6) is 2.72. The average molecular weight is 234 g/mol. The summed E-state index contributed by atoms with van der Waals surface area (Å²) in [7, 11) is 0. The van der Waals surface area contributed by atoms with Gasteiger partial charge in [-0.3, -0.25) is 4.79 Å². The number of aryl methyl sites for hydroxylation is 1. The molecule has 0 aromatic heterocycles. The van der Waals surface area contributed by atoms with Crippen molar-refractivity contribution in [2.45, 2.75) is 13.3 Å². The van der Waals surface area contributed by atoms with E-state index in [0.717, 1.165) is 11.3 Å². The standard InChI is InChI=1S/C13H12ClNO/c1-3-10-6-13(16)15(8-10)12-5-9(2)4-11(14)7-12/h1,4-5,7,10H,6,8H2,2H3. The van der Waals surface area contributed by atoms with Crippen LogP contribution in [0.5, 0.6) is 0 Å². The molecule has 0 radical (unpaired) electrons. The molecule has 1 unspecified atom stereocenters. The van der Waals surface area contributed by atoms with E-state index in [4.69, 9.17) is 18.0 Å². The molecule has 1 aromatic carbocycles. The van der Waals surface area contributed by atoms with Crippen LogP contribution in [0.15, 0.2) is 18.2 Å². The molecule has 1 atom stereocenters. The fourth-order valence-electron chi connectivity index (χ4n) is 1.94. The zero-order valence-electron chi connectivity index (χ0n) is 9.03. The second kappa shape index (κ2) is 4.19. The van der Waals surface area contributed by atoms with Crippen molar-refractivity contribution in [2.75, 3.05) is 11.4 Å². The van der Waals surface area contributed by atoms with Crippen LogP contribution in [0.25, 0.3) is 0 Å². The predicted octanol–water partition coefficient (Wildman–Crippen LogP) is 2.63. The van der Waals surface area contributed by atoms with Crippen molar-refractivity contribution >= 4 is 23.2 Å². The Morgan fingerprint density at radius 3 is 2.81 bits per heavy atom. The molecule has 0 spiro atoms. The van der Waals surface area contributed by atoms with Crippen molar-refractivity contribution < 1.29 is 4.79 Å². The minimum atomic E-state index is 0.0202. The number of nitrogens with zero attached hydrogens (tertiary/aromatic N) is 1. The van der Waals surface area contributed by atoms with Crippen LogP contribution >= 0.6 is 11.6 Å². The third-order valence-corrected chi connectivity index (χ3v) is 2.92. The van der Waals surface area contributed by atoms with Gasteiger partial charge in [0.2, 0.25) is 5.91 Å². The number of terminal acetylenes is 1. The van der Waals surface area contributed by atoms with Gasteiger partial charge < -0.3 is 4.90 Å². The van der Waals surface area contributed by atoms with Gasteiger partial charge in [0.1, 0.15) is 0 Å². The fourth-order valence-corrected chi connectivity index (χ4v) is 2.23. The first-order chi connectivity index (χ1) is 7.60. The zero-order chi connectivity index (χ0) is 11.7. The van der Waals surface area contributed by atoms with Gasteiger partial charge in [-0.25, -0.2) is 0 Å². The monoisotopic (exact) mass is 233 g/mol. The summed E-state index contributed by atoms with van der Waals surface area (Å²) in [6.07, 6.45) is 5.77. The van der Waals surface area contributed by atoms with Gasteiger partial charge in [0.25, 0.3) is 0 Å². The van der Waals surface area contributed by atoms with E-state index in [1.807, 2.05) is 19.1 Å². The lowest BCUT2D eigenvalue weighted by Gasteiger charge is -2.16. The lowest BCUT2D eigenvalue weighted by molar-refractivity contribution is -0.117. The maximum atomic E-state index is 11.8. The van der Waals surface area contributed by atoms with Gasteiger partial charge in [0.05, 0.1) is 0 Å². The first-order valence-electron chi connectivity index (χ1n) is 5.14. The van der Waals surface area contributed by atoms with E-state index in [-0.39, 0.29) is 11.8 Å². The molecule has 1 aliphatic rings. The largest absolute Gasteiger partial charge is 0.311 e. The van der Waals surface area contributed by atoms with E-state index in [0.29, 0.717) is 18.0 Å². The molecule has 1 heterocycles. The second-order valence-electron chi connectivity index (χ2n) is 4.06. The van der Waals surface area contributed by atoms with E-state index < -0.39 is 0 Å². The van der Waals surface area contributed by atoms with E-state index in [1.165, 1.54) is 0 Å².